The first-order chi connectivity index (χ1) is 10.8. The van der Waals surface area contributed by atoms with E-state index in [9.17, 15) is 0 Å². The van der Waals surface area contributed by atoms with Gasteiger partial charge in [0, 0.05) is 25.8 Å². The number of hydrogen-bond donors (Lipinski definition) is 2. The molecular formula is C14H22N8. The molecule has 22 heavy (non-hydrogen) atoms. The van der Waals surface area contributed by atoms with E-state index in [2.05, 4.69) is 61.2 Å². The lowest BCUT2D eigenvalue weighted by atomic mass is 10.5. The van der Waals surface area contributed by atoms with E-state index in [-0.39, 0.29) is 0 Å². The van der Waals surface area contributed by atoms with Crippen LogP contribution in [0.2, 0.25) is 0 Å². The van der Waals surface area contributed by atoms with E-state index in [4.69, 9.17) is 0 Å². The quantitative estimate of drug-likeness (QED) is 0.765. The molecule has 0 amide bonds. The molecule has 0 atom stereocenters. The van der Waals surface area contributed by atoms with Crippen molar-refractivity contribution in [3.8, 4) is 0 Å². The molecular weight excluding hydrogens is 280 g/mol. The summed E-state index contributed by atoms with van der Waals surface area (Å²) < 4.78 is 0. The Labute approximate surface area is 130 Å². The Kier molecular flexibility index (Phi) is 5.81. The highest BCUT2D eigenvalue weighted by Crippen LogP contribution is 2.16. The predicted octanol–water partition coefficient (Wildman–Crippen LogP) is 2.07. The lowest BCUT2D eigenvalue weighted by Gasteiger charge is -2.19. The van der Waals surface area contributed by atoms with Crippen LogP contribution in [0.3, 0.4) is 0 Å². The van der Waals surface area contributed by atoms with Crippen LogP contribution in [0.4, 0.5) is 23.7 Å². The topological polar surface area (TPSA) is 91.8 Å². The zero-order valence-electron chi connectivity index (χ0n) is 13.2. The summed E-state index contributed by atoms with van der Waals surface area (Å²) in [7, 11) is 0. The predicted molar refractivity (Wildman–Crippen MR) is 87.5 cm³/mol. The van der Waals surface area contributed by atoms with Crippen LogP contribution < -0.4 is 15.5 Å². The minimum Gasteiger partial charge on any atom is -0.354 e. The molecule has 0 aliphatic rings. The average Bonchev–Trinajstić information content (AvgIpc) is 2.55. The van der Waals surface area contributed by atoms with Crippen LogP contribution in [0.1, 0.15) is 27.2 Å². The molecule has 2 aromatic heterocycles. The van der Waals surface area contributed by atoms with Gasteiger partial charge in [0.15, 0.2) is 0 Å². The van der Waals surface area contributed by atoms with Gasteiger partial charge in [-0.05, 0) is 26.3 Å². The minimum absolute atomic E-state index is 0.467. The van der Waals surface area contributed by atoms with Gasteiger partial charge in [-0.25, -0.2) is 9.97 Å². The molecule has 0 aliphatic carbocycles. The smallest absolute Gasteiger partial charge is 0.235 e. The highest BCUT2D eigenvalue weighted by atomic mass is 15.3. The molecule has 2 heterocycles. The first-order valence-electron chi connectivity index (χ1n) is 7.54. The van der Waals surface area contributed by atoms with Crippen LogP contribution in [0, 0.1) is 0 Å². The van der Waals surface area contributed by atoms with Gasteiger partial charge in [-0.2, -0.15) is 15.0 Å². The first-order valence-corrected chi connectivity index (χ1v) is 7.54. The lowest BCUT2D eigenvalue weighted by Crippen LogP contribution is -2.25. The molecule has 0 saturated heterocycles. The monoisotopic (exact) mass is 302 g/mol. The number of nitrogens with one attached hydrogen (secondary N) is 2. The fourth-order valence-electron chi connectivity index (χ4n) is 1.86. The molecule has 0 unspecified atom stereocenters. The fraction of sp³-hybridized carbons (Fsp3) is 0.500. The molecule has 8 heteroatoms. The molecule has 2 aromatic rings. The first kappa shape index (κ1) is 15.9. The van der Waals surface area contributed by atoms with Gasteiger partial charge in [-0.1, -0.05) is 6.92 Å². The average molecular weight is 302 g/mol. The summed E-state index contributed by atoms with van der Waals surface area (Å²) in [6, 6.07) is 1.76. The van der Waals surface area contributed by atoms with Crippen LogP contribution >= 0.6 is 0 Å². The zero-order valence-corrected chi connectivity index (χ0v) is 13.2. The third kappa shape index (κ3) is 4.24. The summed E-state index contributed by atoms with van der Waals surface area (Å²) >= 11 is 0. The van der Waals surface area contributed by atoms with Gasteiger partial charge in [0.2, 0.25) is 17.8 Å². The molecule has 2 N–H and O–H groups in total. The van der Waals surface area contributed by atoms with Crippen molar-refractivity contribution in [1.29, 1.82) is 0 Å². The summed E-state index contributed by atoms with van der Waals surface area (Å²) in [5, 5.41) is 6.29. The Morgan fingerprint density at radius 1 is 1.05 bits per heavy atom. The highest BCUT2D eigenvalue weighted by molar-refractivity contribution is 5.51. The van der Waals surface area contributed by atoms with Crippen molar-refractivity contribution in [2.24, 2.45) is 0 Å². The molecule has 0 spiro atoms. The third-order valence-corrected chi connectivity index (χ3v) is 3.02. The van der Waals surface area contributed by atoms with Gasteiger partial charge in [0.05, 0.1) is 0 Å². The molecule has 0 radical (unpaired) electrons. The normalized spacial score (nSPS) is 10.3. The van der Waals surface area contributed by atoms with Crippen LogP contribution in [-0.2, 0) is 0 Å². The van der Waals surface area contributed by atoms with Gasteiger partial charge in [0.1, 0.15) is 12.1 Å². The summed E-state index contributed by atoms with van der Waals surface area (Å²) in [4.78, 5) is 23.4. The maximum absolute atomic E-state index is 4.47. The van der Waals surface area contributed by atoms with E-state index in [1.807, 2.05) is 0 Å². The summed E-state index contributed by atoms with van der Waals surface area (Å²) in [5.74, 6) is 2.33. The second-order valence-electron chi connectivity index (χ2n) is 4.60. The van der Waals surface area contributed by atoms with Crippen molar-refractivity contribution < 1.29 is 0 Å². The molecule has 0 aromatic carbocycles. The molecule has 0 saturated carbocycles. The summed E-state index contributed by atoms with van der Waals surface area (Å²) in [6.07, 6.45) is 4.14. The number of hydrogen-bond acceptors (Lipinski definition) is 8. The van der Waals surface area contributed by atoms with E-state index in [1.165, 1.54) is 6.33 Å². The van der Waals surface area contributed by atoms with Crippen LogP contribution in [0.15, 0.2) is 18.6 Å². The molecule has 0 aliphatic heterocycles. The van der Waals surface area contributed by atoms with Gasteiger partial charge in [0.25, 0.3) is 0 Å². The second kappa shape index (κ2) is 8.06. The zero-order chi connectivity index (χ0) is 15.8. The van der Waals surface area contributed by atoms with Crippen LogP contribution in [0.25, 0.3) is 0 Å². The largest absolute Gasteiger partial charge is 0.354 e. The molecule has 0 bridgehead atoms. The van der Waals surface area contributed by atoms with Crippen molar-refractivity contribution in [2.45, 2.75) is 27.2 Å². The lowest BCUT2D eigenvalue weighted by molar-refractivity contribution is 0.811. The van der Waals surface area contributed by atoms with E-state index in [0.717, 1.165) is 26.1 Å². The van der Waals surface area contributed by atoms with Crippen molar-refractivity contribution in [2.75, 3.05) is 35.2 Å². The van der Waals surface area contributed by atoms with E-state index < -0.39 is 0 Å². The summed E-state index contributed by atoms with van der Waals surface area (Å²) in [5.41, 5.74) is 0. The summed E-state index contributed by atoms with van der Waals surface area (Å²) in [6.45, 7) is 8.73. The van der Waals surface area contributed by atoms with Crippen LogP contribution in [0.5, 0.6) is 0 Å². The van der Waals surface area contributed by atoms with Gasteiger partial charge < -0.3 is 15.5 Å². The Hall–Kier alpha value is -2.51. The van der Waals surface area contributed by atoms with Crippen molar-refractivity contribution >= 4 is 23.7 Å². The maximum atomic E-state index is 4.47. The highest BCUT2D eigenvalue weighted by Gasteiger charge is 2.11. The Bertz CT molecular complexity index is 570. The Balaban J connectivity index is 2.28. The standard InChI is InChI=1S/C14H22N8/c1-4-8-16-12-19-13(18-11-7-9-15-10-17-11)21-14(20-12)22(5-2)6-3/h7,9-10H,4-6,8H2,1-3H3,(H2,15,16,17,18,19,20,21). The Morgan fingerprint density at radius 3 is 2.45 bits per heavy atom. The molecule has 118 valence electrons. The minimum atomic E-state index is 0.467. The van der Waals surface area contributed by atoms with Crippen molar-refractivity contribution in [1.82, 2.24) is 24.9 Å². The maximum Gasteiger partial charge on any atom is 0.235 e. The second-order valence-corrected chi connectivity index (χ2v) is 4.60. The van der Waals surface area contributed by atoms with E-state index in [0.29, 0.717) is 23.7 Å². The number of nitrogens with zero attached hydrogens (tertiary/aromatic N) is 6. The SMILES string of the molecule is CCCNc1nc(Nc2ccncn2)nc(N(CC)CC)n1. The van der Waals surface area contributed by atoms with Crippen LogP contribution in [-0.4, -0.2) is 44.6 Å². The van der Waals surface area contributed by atoms with Gasteiger partial charge >= 0.3 is 0 Å². The fourth-order valence-corrected chi connectivity index (χ4v) is 1.86. The molecule has 8 nitrogen and oxygen atoms in total. The number of aromatic nitrogens is 5. The molecule has 0 fully saturated rings. The van der Waals surface area contributed by atoms with E-state index >= 15 is 0 Å². The number of anilines is 4. The molecule has 2 rings (SSSR count). The third-order valence-electron chi connectivity index (χ3n) is 3.02. The number of rotatable bonds is 8. The van der Waals surface area contributed by atoms with Crippen molar-refractivity contribution in [3.05, 3.63) is 18.6 Å². The van der Waals surface area contributed by atoms with E-state index in [1.54, 1.807) is 12.3 Å². The van der Waals surface area contributed by atoms with Crippen molar-refractivity contribution in [3.63, 3.8) is 0 Å². The van der Waals surface area contributed by atoms with Gasteiger partial charge in [-0.15, -0.1) is 0 Å². The van der Waals surface area contributed by atoms with Gasteiger partial charge in [-0.3, -0.25) is 0 Å². The Morgan fingerprint density at radius 2 is 1.82 bits per heavy atom.